The summed E-state index contributed by atoms with van der Waals surface area (Å²) in [5.41, 5.74) is 1.64. The van der Waals surface area contributed by atoms with Gasteiger partial charge in [-0.15, -0.1) is 0 Å². The predicted molar refractivity (Wildman–Crippen MR) is 75.3 cm³/mol. The van der Waals surface area contributed by atoms with Gasteiger partial charge in [0.05, 0.1) is 31.0 Å². The number of ether oxygens (including phenoxy) is 2. The highest BCUT2D eigenvalue weighted by Gasteiger charge is 2.42. The lowest BCUT2D eigenvalue weighted by Gasteiger charge is -2.28. The van der Waals surface area contributed by atoms with Gasteiger partial charge >= 0.3 is 5.97 Å². The molecular formula is C16H17NO3. The summed E-state index contributed by atoms with van der Waals surface area (Å²) in [6, 6.07) is 0.0746. The fourth-order valence-corrected chi connectivity index (χ4v) is 2.86. The van der Waals surface area contributed by atoms with E-state index >= 15 is 0 Å². The molecule has 4 nitrogen and oxygen atoms in total. The molecule has 0 saturated heterocycles. The number of allylic oxidation sites excluding steroid dienone is 4. The van der Waals surface area contributed by atoms with Gasteiger partial charge in [0, 0.05) is 12.1 Å². The van der Waals surface area contributed by atoms with E-state index < -0.39 is 0 Å². The van der Waals surface area contributed by atoms with Gasteiger partial charge in [-0.1, -0.05) is 12.2 Å². The molecule has 2 atom stereocenters. The molecule has 3 rings (SSSR count). The molecule has 1 aliphatic carbocycles. The number of nitrogens with zero attached hydrogens (tertiary/aromatic N) is 1. The standard InChI is InChI=1S/C16H17NO3/c1-3-20-16(18)15-12-8-7-11(19-2)10-14(12)17-9-5-4-6-13(15)17/h4-10,12,14H,3H2,1-2H3. The molecule has 104 valence electrons. The number of hydrogen-bond acceptors (Lipinski definition) is 4. The van der Waals surface area contributed by atoms with Crippen LogP contribution >= 0.6 is 0 Å². The highest BCUT2D eigenvalue weighted by Crippen LogP contribution is 2.41. The van der Waals surface area contributed by atoms with Crippen molar-refractivity contribution in [2.45, 2.75) is 13.0 Å². The van der Waals surface area contributed by atoms with Crippen molar-refractivity contribution < 1.29 is 14.3 Å². The maximum Gasteiger partial charge on any atom is 0.336 e. The molecule has 20 heavy (non-hydrogen) atoms. The molecule has 0 amide bonds. The predicted octanol–water partition coefficient (Wildman–Crippen LogP) is 2.29. The Labute approximate surface area is 118 Å². The van der Waals surface area contributed by atoms with Crippen LogP contribution in [0.5, 0.6) is 0 Å². The van der Waals surface area contributed by atoms with E-state index in [1.807, 2.05) is 49.6 Å². The Hall–Kier alpha value is -2.23. The minimum Gasteiger partial charge on any atom is -0.497 e. The quantitative estimate of drug-likeness (QED) is 0.738. The summed E-state index contributed by atoms with van der Waals surface area (Å²) in [6.45, 7) is 2.21. The molecule has 0 spiro atoms. The first-order valence-corrected chi connectivity index (χ1v) is 6.74. The van der Waals surface area contributed by atoms with Gasteiger partial charge in [0.15, 0.2) is 0 Å². The van der Waals surface area contributed by atoms with Crippen LogP contribution in [0.3, 0.4) is 0 Å². The van der Waals surface area contributed by atoms with E-state index in [-0.39, 0.29) is 17.9 Å². The molecule has 0 radical (unpaired) electrons. The van der Waals surface area contributed by atoms with Gasteiger partial charge < -0.3 is 14.4 Å². The largest absolute Gasteiger partial charge is 0.497 e. The zero-order valence-electron chi connectivity index (χ0n) is 11.6. The zero-order valence-corrected chi connectivity index (χ0v) is 11.6. The number of carbonyl (C=O) groups excluding carboxylic acids is 1. The van der Waals surface area contributed by atoms with E-state index in [1.54, 1.807) is 7.11 Å². The summed E-state index contributed by atoms with van der Waals surface area (Å²) in [5.74, 6) is 0.591. The van der Waals surface area contributed by atoms with Gasteiger partial charge in [0.2, 0.25) is 0 Å². The third-order valence-corrected chi connectivity index (χ3v) is 3.72. The van der Waals surface area contributed by atoms with Gasteiger partial charge in [-0.25, -0.2) is 4.79 Å². The summed E-state index contributed by atoms with van der Waals surface area (Å²) in [6.07, 6.45) is 13.8. The highest BCUT2D eigenvalue weighted by atomic mass is 16.5. The molecule has 0 N–H and O–H groups in total. The Bertz CT molecular complexity index is 581. The smallest absolute Gasteiger partial charge is 0.336 e. The molecule has 0 saturated carbocycles. The van der Waals surface area contributed by atoms with E-state index in [1.165, 1.54) is 0 Å². The Morgan fingerprint density at radius 2 is 2.20 bits per heavy atom. The Morgan fingerprint density at radius 3 is 2.95 bits per heavy atom. The molecule has 0 fully saturated rings. The number of carbonyl (C=O) groups is 1. The summed E-state index contributed by atoms with van der Waals surface area (Å²) < 4.78 is 10.5. The molecule has 2 unspecified atom stereocenters. The lowest BCUT2D eigenvalue weighted by Crippen LogP contribution is -2.30. The van der Waals surface area contributed by atoms with E-state index in [4.69, 9.17) is 9.47 Å². The van der Waals surface area contributed by atoms with Gasteiger partial charge in [0.1, 0.15) is 5.76 Å². The van der Waals surface area contributed by atoms with Crippen LogP contribution in [0.25, 0.3) is 0 Å². The summed E-state index contributed by atoms with van der Waals surface area (Å²) in [7, 11) is 1.65. The van der Waals surface area contributed by atoms with Crippen molar-refractivity contribution in [2.75, 3.05) is 13.7 Å². The minimum atomic E-state index is -0.237. The molecule has 2 aliphatic heterocycles. The first-order valence-electron chi connectivity index (χ1n) is 6.74. The highest BCUT2D eigenvalue weighted by molar-refractivity contribution is 5.92. The lowest BCUT2D eigenvalue weighted by molar-refractivity contribution is -0.138. The fraction of sp³-hybridized carbons (Fsp3) is 0.312. The van der Waals surface area contributed by atoms with Crippen molar-refractivity contribution in [1.82, 2.24) is 4.90 Å². The lowest BCUT2D eigenvalue weighted by atomic mass is 9.90. The molecule has 3 aliphatic rings. The molecular weight excluding hydrogens is 254 g/mol. The second-order valence-electron chi connectivity index (χ2n) is 4.78. The second-order valence-corrected chi connectivity index (χ2v) is 4.78. The van der Waals surface area contributed by atoms with Gasteiger partial charge in [-0.05, 0) is 31.2 Å². The Kier molecular flexibility index (Phi) is 3.22. The van der Waals surface area contributed by atoms with Crippen LogP contribution in [-0.2, 0) is 14.3 Å². The van der Waals surface area contributed by atoms with Crippen molar-refractivity contribution in [1.29, 1.82) is 0 Å². The number of rotatable bonds is 3. The normalized spacial score (nSPS) is 26.3. The van der Waals surface area contributed by atoms with Crippen LogP contribution in [-0.4, -0.2) is 30.6 Å². The molecule has 0 aromatic heterocycles. The average Bonchev–Trinajstić information content (AvgIpc) is 2.81. The van der Waals surface area contributed by atoms with Crippen LogP contribution in [0.15, 0.2) is 59.7 Å². The second kappa shape index (κ2) is 5.04. The van der Waals surface area contributed by atoms with Crippen LogP contribution < -0.4 is 0 Å². The monoisotopic (exact) mass is 271 g/mol. The van der Waals surface area contributed by atoms with Crippen LogP contribution in [0.4, 0.5) is 0 Å². The summed E-state index contributed by atoms with van der Waals surface area (Å²) >= 11 is 0. The Balaban J connectivity index is 2.02. The zero-order chi connectivity index (χ0) is 14.1. The molecule has 0 bridgehead atoms. The number of methoxy groups -OCH3 is 1. The van der Waals surface area contributed by atoms with Crippen LogP contribution in [0, 0.1) is 5.92 Å². The van der Waals surface area contributed by atoms with E-state index in [0.29, 0.717) is 6.61 Å². The van der Waals surface area contributed by atoms with E-state index in [0.717, 1.165) is 17.0 Å². The Morgan fingerprint density at radius 1 is 1.35 bits per heavy atom. The van der Waals surface area contributed by atoms with Crippen molar-refractivity contribution in [3.05, 3.63) is 59.7 Å². The van der Waals surface area contributed by atoms with Crippen molar-refractivity contribution >= 4 is 5.97 Å². The summed E-state index contributed by atoms with van der Waals surface area (Å²) in [4.78, 5) is 14.4. The van der Waals surface area contributed by atoms with E-state index in [9.17, 15) is 4.79 Å². The molecule has 0 aromatic rings. The third kappa shape index (κ3) is 1.88. The van der Waals surface area contributed by atoms with Crippen molar-refractivity contribution in [3.8, 4) is 0 Å². The first-order chi connectivity index (χ1) is 9.76. The topological polar surface area (TPSA) is 38.8 Å². The third-order valence-electron chi connectivity index (χ3n) is 3.72. The summed E-state index contributed by atoms with van der Waals surface area (Å²) in [5, 5.41) is 0. The van der Waals surface area contributed by atoms with Crippen LogP contribution in [0.2, 0.25) is 0 Å². The fourth-order valence-electron chi connectivity index (χ4n) is 2.86. The SMILES string of the molecule is CCOC(=O)C1=C2C=CC=CN2C2C=C(OC)C=CC12. The van der Waals surface area contributed by atoms with Gasteiger partial charge in [0.25, 0.3) is 0 Å². The number of fused-ring (bicyclic) bond motifs is 3. The van der Waals surface area contributed by atoms with Gasteiger partial charge in [-0.3, -0.25) is 0 Å². The minimum absolute atomic E-state index is 0.00958. The average molecular weight is 271 g/mol. The molecule has 0 aromatic carbocycles. The van der Waals surface area contributed by atoms with Gasteiger partial charge in [-0.2, -0.15) is 0 Å². The first kappa shape index (κ1) is 12.8. The van der Waals surface area contributed by atoms with Crippen molar-refractivity contribution in [3.63, 3.8) is 0 Å². The maximum absolute atomic E-state index is 12.3. The maximum atomic E-state index is 12.3. The van der Waals surface area contributed by atoms with Crippen molar-refractivity contribution in [2.24, 2.45) is 5.92 Å². The number of hydrogen-bond donors (Lipinski definition) is 0. The molecule has 2 heterocycles. The van der Waals surface area contributed by atoms with Crippen LogP contribution in [0.1, 0.15) is 6.92 Å². The number of esters is 1. The van der Waals surface area contributed by atoms with E-state index in [2.05, 4.69) is 4.90 Å². The molecule has 4 heteroatoms.